The van der Waals surface area contributed by atoms with Gasteiger partial charge in [0.2, 0.25) is 9.84 Å². The van der Waals surface area contributed by atoms with E-state index >= 15 is 0 Å². The van der Waals surface area contributed by atoms with Gasteiger partial charge in [0.05, 0.1) is 12.4 Å². The molecule has 4 aromatic rings. The Morgan fingerprint density at radius 2 is 1.63 bits per heavy atom. The van der Waals surface area contributed by atoms with Crippen molar-refractivity contribution in [1.82, 2.24) is 5.06 Å². The molecule has 0 saturated heterocycles. The lowest BCUT2D eigenvalue weighted by Crippen LogP contribution is -2.34. The zero-order valence-corrected chi connectivity index (χ0v) is 24.6. The predicted octanol–water partition coefficient (Wildman–Crippen LogP) is 5.76. The number of pyridine rings is 1. The number of hydroxylamine groups is 2. The van der Waals surface area contributed by atoms with Gasteiger partial charge >= 0.3 is 11.1 Å². The molecule has 3 aromatic carbocycles. The molecular weight excluding hydrogens is 542 g/mol. The lowest BCUT2D eigenvalue weighted by molar-refractivity contribution is -0.646. The van der Waals surface area contributed by atoms with Gasteiger partial charge in [-0.15, -0.1) is 0 Å². The van der Waals surface area contributed by atoms with Crippen LogP contribution in [0.15, 0.2) is 102 Å². The van der Waals surface area contributed by atoms with Crippen LogP contribution in [0.3, 0.4) is 0 Å². The Morgan fingerprint density at radius 3 is 2.27 bits per heavy atom. The first-order valence-corrected chi connectivity index (χ1v) is 14.4. The summed E-state index contributed by atoms with van der Waals surface area (Å²) in [6.07, 6.45) is 1.20. The zero-order valence-electron chi connectivity index (χ0n) is 23.8. The standard InChI is InChI=1S/C16H18N2O3.C15H17NO3S/c1-18(20-2)16(19)17-14-8-10-15(11-9-14)21-12-13-6-4-3-5-7-13;1-11-7-8-12(2)14(10-11)13(3)20(18,19)15-6-4-5-9-16(15)17/h3-11H,12H2,1-2H3,(H,17,19);4-10,13H,1-3H3. The number of aromatic nitrogens is 1. The molecule has 0 radical (unpaired) electrons. The van der Waals surface area contributed by atoms with Crippen molar-refractivity contribution in [1.29, 1.82) is 0 Å². The highest BCUT2D eigenvalue weighted by Crippen LogP contribution is 2.29. The van der Waals surface area contributed by atoms with Crippen LogP contribution in [0.4, 0.5) is 10.5 Å². The van der Waals surface area contributed by atoms with Gasteiger partial charge in [-0.2, -0.15) is 4.73 Å². The SMILES string of the molecule is CON(C)C(=O)Nc1ccc(OCc2ccccc2)cc1.Cc1ccc(C)c(C(C)S(=O)(=O)c2cccc[n+]2[O-])c1. The number of carbonyl (C=O) groups excluding carboxylic acids is 1. The number of sulfone groups is 1. The second-order valence-corrected chi connectivity index (χ2v) is 11.5. The molecule has 0 saturated carbocycles. The Hall–Kier alpha value is -4.41. The van der Waals surface area contributed by atoms with Crippen molar-refractivity contribution in [3.63, 3.8) is 0 Å². The number of urea groups is 1. The third-order valence-corrected chi connectivity index (χ3v) is 8.42. The molecule has 1 heterocycles. The molecule has 2 amide bonds. The van der Waals surface area contributed by atoms with Crippen LogP contribution in [-0.2, 0) is 21.3 Å². The first-order valence-electron chi connectivity index (χ1n) is 12.9. The largest absolute Gasteiger partial charge is 0.618 e. The van der Waals surface area contributed by atoms with E-state index in [1.165, 1.54) is 32.5 Å². The summed E-state index contributed by atoms with van der Waals surface area (Å²) in [4.78, 5) is 16.4. The van der Waals surface area contributed by atoms with E-state index in [2.05, 4.69) is 5.32 Å². The molecular formula is C31H35N3O6S. The number of benzene rings is 3. The minimum Gasteiger partial charge on any atom is -0.618 e. The number of carbonyl (C=O) groups is 1. The highest BCUT2D eigenvalue weighted by Gasteiger charge is 2.32. The monoisotopic (exact) mass is 577 g/mol. The number of nitrogens with one attached hydrogen (secondary N) is 1. The zero-order chi connectivity index (χ0) is 30.0. The van der Waals surface area contributed by atoms with Crippen LogP contribution >= 0.6 is 0 Å². The fourth-order valence-electron chi connectivity index (χ4n) is 3.84. The highest BCUT2D eigenvalue weighted by atomic mass is 32.2. The first-order chi connectivity index (χ1) is 19.5. The molecule has 4 rings (SSSR count). The summed E-state index contributed by atoms with van der Waals surface area (Å²) in [5.74, 6) is 0.747. The molecule has 10 heteroatoms. The van der Waals surface area contributed by atoms with Crippen LogP contribution in [-0.4, -0.2) is 33.7 Å². The van der Waals surface area contributed by atoms with E-state index in [0.717, 1.165) is 33.1 Å². The van der Waals surface area contributed by atoms with Crippen molar-refractivity contribution in [2.45, 2.75) is 37.7 Å². The van der Waals surface area contributed by atoms with Crippen LogP contribution in [0.2, 0.25) is 0 Å². The number of anilines is 1. The van der Waals surface area contributed by atoms with Crippen molar-refractivity contribution < 1.29 is 27.5 Å². The summed E-state index contributed by atoms with van der Waals surface area (Å²) in [5.41, 5.74) is 4.41. The van der Waals surface area contributed by atoms with E-state index in [-0.39, 0.29) is 11.1 Å². The minimum absolute atomic E-state index is 0.214. The molecule has 0 aliphatic rings. The number of aryl methyl sites for hydroxylation is 2. The number of amides is 2. The quantitative estimate of drug-likeness (QED) is 0.162. The van der Waals surface area contributed by atoms with Gasteiger partial charge in [-0.25, -0.2) is 18.3 Å². The summed E-state index contributed by atoms with van der Waals surface area (Å²) < 4.78 is 31.3. The van der Waals surface area contributed by atoms with E-state index < -0.39 is 15.1 Å². The third kappa shape index (κ3) is 8.54. The van der Waals surface area contributed by atoms with Gasteiger partial charge in [0.25, 0.3) is 0 Å². The summed E-state index contributed by atoms with van der Waals surface area (Å²) in [6.45, 7) is 5.92. The second kappa shape index (κ2) is 14.3. The maximum atomic E-state index is 12.6. The van der Waals surface area contributed by atoms with E-state index in [1.807, 2.05) is 74.5 Å². The fraction of sp³-hybridized carbons (Fsp3) is 0.226. The summed E-state index contributed by atoms with van der Waals surface area (Å²) in [7, 11) is -0.746. The maximum Gasteiger partial charge on any atom is 0.345 e. The van der Waals surface area contributed by atoms with Gasteiger partial charge in [-0.05, 0) is 67.8 Å². The first kappa shape index (κ1) is 31.1. The molecule has 1 atom stereocenters. The molecule has 41 heavy (non-hydrogen) atoms. The van der Waals surface area contributed by atoms with Gasteiger partial charge < -0.3 is 15.3 Å². The second-order valence-electron chi connectivity index (χ2n) is 9.32. The van der Waals surface area contributed by atoms with Gasteiger partial charge in [-0.1, -0.05) is 54.1 Å². The Balaban J connectivity index is 0.000000226. The molecule has 1 unspecified atom stereocenters. The fourth-order valence-corrected chi connectivity index (χ4v) is 5.37. The molecule has 0 bridgehead atoms. The minimum atomic E-state index is -3.71. The van der Waals surface area contributed by atoms with Crippen LogP contribution in [0, 0.1) is 19.1 Å². The average molecular weight is 578 g/mol. The number of hydrogen-bond donors (Lipinski definition) is 1. The summed E-state index contributed by atoms with van der Waals surface area (Å²) in [6, 6.07) is 26.9. The van der Waals surface area contributed by atoms with Gasteiger partial charge in [0, 0.05) is 24.9 Å². The normalized spacial score (nSPS) is 11.5. The van der Waals surface area contributed by atoms with E-state index in [0.29, 0.717) is 17.0 Å². The van der Waals surface area contributed by atoms with Crippen LogP contribution in [0.25, 0.3) is 0 Å². The Labute approximate surface area is 241 Å². The Morgan fingerprint density at radius 1 is 0.976 bits per heavy atom. The summed E-state index contributed by atoms with van der Waals surface area (Å²) in [5, 5.41) is 14.5. The van der Waals surface area contributed by atoms with Crippen molar-refractivity contribution in [3.05, 3.63) is 125 Å². The van der Waals surface area contributed by atoms with Gasteiger partial charge in [0.15, 0.2) is 6.20 Å². The molecule has 1 aromatic heterocycles. The van der Waals surface area contributed by atoms with Crippen LogP contribution in [0.5, 0.6) is 5.75 Å². The molecule has 0 aliphatic heterocycles. The molecule has 1 N–H and O–H groups in total. The van der Waals surface area contributed by atoms with E-state index in [4.69, 9.17) is 9.57 Å². The van der Waals surface area contributed by atoms with Crippen molar-refractivity contribution in [3.8, 4) is 5.75 Å². The summed E-state index contributed by atoms with van der Waals surface area (Å²) >= 11 is 0. The Bertz CT molecular complexity index is 1540. The molecule has 9 nitrogen and oxygen atoms in total. The predicted molar refractivity (Wildman–Crippen MR) is 158 cm³/mol. The smallest absolute Gasteiger partial charge is 0.345 e. The van der Waals surface area contributed by atoms with Crippen LogP contribution < -0.4 is 14.8 Å². The maximum absolute atomic E-state index is 12.6. The Kier molecular flexibility index (Phi) is 10.8. The molecule has 0 fully saturated rings. The van der Waals surface area contributed by atoms with Crippen molar-refractivity contribution >= 4 is 21.6 Å². The van der Waals surface area contributed by atoms with E-state index in [9.17, 15) is 18.4 Å². The number of rotatable bonds is 8. The van der Waals surface area contributed by atoms with Crippen molar-refractivity contribution in [2.24, 2.45) is 0 Å². The molecule has 0 aliphatic carbocycles. The number of nitrogens with zero attached hydrogens (tertiary/aromatic N) is 2. The third-order valence-electron chi connectivity index (χ3n) is 6.33. The van der Waals surface area contributed by atoms with Crippen LogP contribution in [0.1, 0.15) is 34.4 Å². The topological polar surface area (TPSA) is 112 Å². The highest BCUT2D eigenvalue weighted by molar-refractivity contribution is 7.91. The lowest BCUT2D eigenvalue weighted by atomic mass is 10.0. The average Bonchev–Trinajstić information content (AvgIpc) is 2.98. The van der Waals surface area contributed by atoms with E-state index in [1.54, 1.807) is 25.1 Å². The molecule has 216 valence electrons. The number of ether oxygens (including phenoxy) is 1. The molecule has 0 spiro atoms. The van der Waals surface area contributed by atoms with Gasteiger partial charge in [0.1, 0.15) is 12.4 Å². The van der Waals surface area contributed by atoms with Crippen molar-refractivity contribution in [2.75, 3.05) is 19.5 Å². The number of hydrogen-bond acceptors (Lipinski definition) is 6. The van der Waals surface area contributed by atoms with Gasteiger partial charge in [-0.3, -0.25) is 4.84 Å². The lowest BCUT2D eigenvalue weighted by Gasteiger charge is -2.15.